The van der Waals surface area contributed by atoms with Crippen molar-refractivity contribution in [2.24, 2.45) is 11.8 Å². The van der Waals surface area contributed by atoms with Crippen molar-refractivity contribution in [3.63, 3.8) is 0 Å². The number of rotatable bonds is 9. The molecule has 1 saturated heterocycles. The van der Waals surface area contributed by atoms with Gasteiger partial charge in [-0.2, -0.15) is 0 Å². The molecule has 0 saturated carbocycles. The van der Waals surface area contributed by atoms with Crippen molar-refractivity contribution in [2.45, 2.75) is 58.4 Å². The molecule has 1 rings (SSSR count). The summed E-state index contributed by atoms with van der Waals surface area (Å²) in [6.45, 7) is 6.67. The number of ether oxygens (including phenoxy) is 1. The van der Waals surface area contributed by atoms with Gasteiger partial charge >= 0.3 is 5.97 Å². The molecule has 0 aliphatic carbocycles. The zero-order valence-corrected chi connectivity index (χ0v) is 12.4. The molecule has 4 heteroatoms. The zero-order valence-electron chi connectivity index (χ0n) is 12.4. The van der Waals surface area contributed by atoms with E-state index in [0.717, 1.165) is 38.5 Å². The Morgan fingerprint density at radius 1 is 1.37 bits per heavy atom. The first kappa shape index (κ1) is 16.4. The normalized spacial score (nSPS) is 20.1. The van der Waals surface area contributed by atoms with E-state index in [1.165, 1.54) is 25.7 Å². The maximum absolute atomic E-state index is 11.1. The summed E-state index contributed by atoms with van der Waals surface area (Å²) in [5.74, 6) is 0.283. The first-order valence-corrected chi connectivity index (χ1v) is 7.69. The second-order valence-electron chi connectivity index (χ2n) is 5.71. The van der Waals surface area contributed by atoms with Crippen LogP contribution in [0.2, 0.25) is 0 Å². The Morgan fingerprint density at radius 3 is 2.63 bits per heavy atom. The highest BCUT2D eigenvalue weighted by Gasteiger charge is 2.22. The largest absolute Gasteiger partial charge is 0.480 e. The van der Waals surface area contributed by atoms with Crippen molar-refractivity contribution in [1.29, 1.82) is 0 Å². The summed E-state index contributed by atoms with van der Waals surface area (Å²) in [5.41, 5.74) is 0. The predicted octanol–water partition coefficient (Wildman–Crippen LogP) is 2.67. The van der Waals surface area contributed by atoms with Gasteiger partial charge in [-0.1, -0.05) is 33.1 Å². The third-order valence-corrected chi connectivity index (χ3v) is 4.22. The minimum absolute atomic E-state index is 0.188. The Hall–Kier alpha value is -0.610. The van der Waals surface area contributed by atoms with Crippen LogP contribution in [-0.4, -0.2) is 36.9 Å². The zero-order chi connectivity index (χ0) is 14.1. The predicted molar refractivity (Wildman–Crippen MR) is 76.3 cm³/mol. The van der Waals surface area contributed by atoms with Gasteiger partial charge in [0, 0.05) is 13.2 Å². The molecule has 2 atom stereocenters. The van der Waals surface area contributed by atoms with Gasteiger partial charge in [0.2, 0.25) is 0 Å². The van der Waals surface area contributed by atoms with Gasteiger partial charge in [-0.25, -0.2) is 0 Å². The molecule has 0 aromatic rings. The Labute approximate surface area is 116 Å². The van der Waals surface area contributed by atoms with Gasteiger partial charge in [-0.3, -0.25) is 4.79 Å². The van der Waals surface area contributed by atoms with Crippen LogP contribution in [0.3, 0.4) is 0 Å². The first-order chi connectivity index (χ1) is 9.15. The Bertz CT molecular complexity index is 252. The van der Waals surface area contributed by atoms with Gasteiger partial charge in [0.05, 0.1) is 0 Å². The Kier molecular flexibility index (Phi) is 8.07. The van der Waals surface area contributed by atoms with Gasteiger partial charge in [-0.15, -0.1) is 0 Å². The van der Waals surface area contributed by atoms with Crippen molar-refractivity contribution in [1.82, 2.24) is 5.32 Å². The lowest BCUT2D eigenvalue weighted by Gasteiger charge is -2.22. The second kappa shape index (κ2) is 9.32. The lowest BCUT2D eigenvalue weighted by molar-refractivity contribution is -0.140. The third kappa shape index (κ3) is 6.39. The van der Waals surface area contributed by atoms with Crippen LogP contribution in [0.15, 0.2) is 0 Å². The van der Waals surface area contributed by atoms with E-state index in [1.54, 1.807) is 0 Å². The van der Waals surface area contributed by atoms with Crippen LogP contribution in [0, 0.1) is 11.8 Å². The van der Waals surface area contributed by atoms with E-state index >= 15 is 0 Å². The molecular formula is C15H29NO3. The van der Waals surface area contributed by atoms with Crippen molar-refractivity contribution in [3.05, 3.63) is 0 Å². The molecule has 0 amide bonds. The quantitative estimate of drug-likeness (QED) is 0.633. The minimum Gasteiger partial charge on any atom is -0.480 e. The van der Waals surface area contributed by atoms with Crippen molar-refractivity contribution >= 4 is 5.97 Å². The molecule has 0 unspecified atom stereocenters. The standard InChI is InChI=1S/C15H29NO3/c1-3-12(2)14(15(17)18)16-9-5-4-6-13-7-10-19-11-8-13/h12-14,16H,3-11H2,1-2H3,(H,17,18)/t12-,14-/m0/s1. The lowest BCUT2D eigenvalue weighted by atomic mass is 9.94. The van der Waals surface area contributed by atoms with E-state index < -0.39 is 12.0 Å². The maximum Gasteiger partial charge on any atom is 0.320 e. The summed E-state index contributed by atoms with van der Waals surface area (Å²) in [6, 6.07) is -0.395. The van der Waals surface area contributed by atoms with E-state index in [-0.39, 0.29) is 5.92 Å². The van der Waals surface area contributed by atoms with Crippen LogP contribution in [0.4, 0.5) is 0 Å². The highest BCUT2D eigenvalue weighted by molar-refractivity contribution is 5.73. The molecule has 4 nitrogen and oxygen atoms in total. The molecule has 19 heavy (non-hydrogen) atoms. The number of hydrogen-bond acceptors (Lipinski definition) is 3. The van der Waals surface area contributed by atoms with Crippen LogP contribution in [0.5, 0.6) is 0 Å². The van der Waals surface area contributed by atoms with Gasteiger partial charge < -0.3 is 15.2 Å². The number of aliphatic carboxylic acids is 1. The summed E-state index contributed by atoms with van der Waals surface area (Å²) < 4.78 is 5.35. The van der Waals surface area contributed by atoms with Crippen LogP contribution in [0.1, 0.15) is 52.4 Å². The second-order valence-corrected chi connectivity index (χ2v) is 5.71. The van der Waals surface area contributed by atoms with E-state index in [9.17, 15) is 4.79 Å². The summed E-state index contributed by atoms with van der Waals surface area (Å²) >= 11 is 0. The SMILES string of the molecule is CC[C@H](C)[C@H](NCCCCC1CCOCC1)C(=O)O. The average molecular weight is 271 g/mol. The number of nitrogens with one attached hydrogen (secondary N) is 1. The average Bonchev–Trinajstić information content (AvgIpc) is 2.42. The lowest BCUT2D eigenvalue weighted by Crippen LogP contribution is -2.42. The van der Waals surface area contributed by atoms with Crippen LogP contribution >= 0.6 is 0 Å². The first-order valence-electron chi connectivity index (χ1n) is 7.69. The number of hydrogen-bond donors (Lipinski definition) is 2. The van der Waals surface area contributed by atoms with Gasteiger partial charge in [0.15, 0.2) is 0 Å². The number of carboxylic acids is 1. The molecule has 0 aromatic heterocycles. The molecule has 0 spiro atoms. The Balaban J connectivity index is 2.09. The molecule has 112 valence electrons. The molecule has 2 N–H and O–H groups in total. The fourth-order valence-corrected chi connectivity index (χ4v) is 2.62. The number of unbranched alkanes of at least 4 members (excludes halogenated alkanes) is 1. The highest BCUT2D eigenvalue weighted by atomic mass is 16.5. The number of carboxylic acid groups (broad SMARTS) is 1. The molecule has 1 aliphatic heterocycles. The molecule has 0 aromatic carbocycles. The molecular weight excluding hydrogens is 242 g/mol. The Morgan fingerprint density at radius 2 is 2.05 bits per heavy atom. The molecule has 0 bridgehead atoms. The molecule has 1 aliphatic rings. The van der Waals surface area contributed by atoms with Crippen molar-refractivity contribution in [2.75, 3.05) is 19.8 Å². The highest BCUT2D eigenvalue weighted by Crippen LogP contribution is 2.20. The smallest absolute Gasteiger partial charge is 0.320 e. The van der Waals surface area contributed by atoms with E-state index in [1.807, 2.05) is 13.8 Å². The monoisotopic (exact) mass is 271 g/mol. The maximum atomic E-state index is 11.1. The summed E-state index contributed by atoms with van der Waals surface area (Å²) in [6.07, 6.45) is 6.79. The van der Waals surface area contributed by atoms with Crippen LogP contribution < -0.4 is 5.32 Å². The van der Waals surface area contributed by atoms with E-state index in [0.29, 0.717) is 0 Å². The van der Waals surface area contributed by atoms with Crippen LogP contribution in [0.25, 0.3) is 0 Å². The molecule has 1 fully saturated rings. The van der Waals surface area contributed by atoms with E-state index in [4.69, 9.17) is 9.84 Å². The van der Waals surface area contributed by atoms with Gasteiger partial charge in [0.25, 0.3) is 0 Å². The molecule has 0 radical (unpaired) electrons. The summed E-state index contributed by atoms with van der Waals surface area (Å²) in [7, 11) is 0. The summed E-state index contributed by atoms with van der Waals surface area (Å²) in [5, 5.41) is 12.3. The fourth-order valence-electron chi connectivity index (χ4n) is 2.62. The van der Waals surface area contributed by atoms with Gasteiger partial charge in [-0.05, 0) is 37.6 Å². The number of carbonyl (C=O) groups is 1. The third-order valence-electron chi connectivity index (χ3n) is 4.22. The van der Waals surface area contributed by atoms with Crippen molar-refractivity contribution in [3.8, 4) is 0 Å². The van der Waals surface area contributed by atoms with E-state index in [2.05, 4.69) is 5.32 Å². The molecule has 1 heterocycles. The fraction of sp³-hybridized carbons (Fsp3) is 0.933. The van der Waals surface area contributed by atoms with Crippen LogP contribution in [-0.2, 0) is 9.53 Å². The topological polar surface area (TPSA) is 58.6 Å². The summed E-state index contributed by atoms with van der Waals surface area (Å²) in [4.78, 5) is 11.1. The minimum atomic E-state index is -0.723. The van der Waals surface area contributed by atoms with Crippen molar-refractivity contribution < 1.29 is 14.6 Å². The van der Waals surface area contributed by atoms with Gasteiger partial charge in [0.1, 0.15) is 6.04 Å².